The molecule has 2 aliphatic rings. The normalized spacial score (nSPS) is 36.3. The highest BCUT2D eigenvalue weighted by Gasteiger charge is 2.68. The van der Waals surface area contributed by atoms with Crippen LogP contribution in [0, 0.1) is 11.3 Å². The van der Waals surface area contributed by atoms with E-state index in [0.717, 1.165) is 6.42 Å². The van der Waals surface area contributed by atoms with Crippen LogP contribution < -0.4 is 0 Å². The van der Waals surface area contributed by atoms with E-state index >= 15 is 0 Å². The van der Waals surface area contributed by atoms with Gasteiger partial charge in [-0.15, -0.1) is 6.58 Å². The zero-order valence-electron chi connectivity index (χ0n) is 11.0. The molecule has 18 heavy (non-hydrogen) atoms. The predicted molar refractivity (Wildman–Crippen MR) is 65.6 cm³/mol. The van der Waals surface area contributed by atoms with Crippen LogP contribution in [0.25, 0.3) is 0 Å². The van der Waals surface area contributed by atoms with Crippen LogP contribution >= 0.6 is 0 Å². The van der Waals surface area contributed by atoms with Gasteiger partial charge in [0.05, 0.1) is 5.41 Å². The zero-order valence-corrected chi connectivity index (χ0v) is 11.0. The number of ketones is 1. The highest BCUT2D eigenvalue weighted by Crippen LogP contribution is 2.48. The Balaban J connectivity index is 2.43. The number of cyclic esters (lactones) is 1. The molecule has 2 heterocycles. The first kappa shape index (κ1) is 12.9. The van der Waals surface area contributed by atoms with Crippen molar-refractivity contribution in [3.63, 3.8) is 0 Å². The molecule has 0 amide bonds. The van der Waals surface area contributed by atoms with Crippen molar-refractivity contribution in [2.24, 2.45) is 11.3 Å². The SMILES string of the molecule is C=C[C@@]1(C)COC(=O)[C@]12OC([C@H](C)CC)=CC2=O. The highest BCUT2D eigenvalue weighted by molar-refractivity contribution is 6.16. The van der Waals surface area contributed by atoms with Crippen LogP contribution in [0.15, 0.2) is 24.5 Å². The third kappa shape index (κ3) is 1.38. The van der Waals surface area contributed by atoms with Gasteiger partial charge >= 0.3 is 5.97 Å². The van der Waals surface area contributed by atoms with Gasteiger partial charge in [-0.1, -0.05) is 19.9 Å². The molecule has 4 nitrogen and oxygen atoms in total. The van der Waals surface area contributed by atoms with Crippen LogP contribution in [-0.2, 0) is 19.1 Å². The molecule has 1 spiro atoms. The van der Waals surface area contributed by atoms with Crippen molar-refractivity contribution in [3.8, 4) is 0 Å². The molecular formula is C14H18O4. The molecule has 98 valence electrons. The van der Waals surface area contributed by atoms with Gasteiger partial charge in [0.25, 0.3) is 5.60 Å². The summed E-state index contributed by atoms with van der Waals surface area (Å²) in [6, 6.07) is 0. The Labute approximate surface area is 107 Å². The zero-order chi connectivity index (χ0) is 13.6. The summed E-state index contributed by atoms with van der Waals surface area (Å²) in [5.74, 6) is -0.266. The third-order valence-corrected chi connectivity index (χ3v) is 4.03. The number of allylic oxidation sites excluding steroid dienone is 1. The molecule has 0 N–H and O–H groups in total. The van der Waals surface area contributed by atoms with Gasteiger partial charge in [-0.3, -0.25) is 4.79 Å². The average Bonchev–Trinajstić information content (AvgIpc) is 2.84. The van der Waals surface area contributed by atoms with E-state index < -0.39 is 17.0 Å². The van der Waals surface area contributed by atoms with E-state index in [9.17, 15) is 9.59 Å². The average molecular weight is 250 g/mol. The summed E-state index contributed by atoms with van der Waals surface area (Å²) >= 11 is 0. The second-order valence-corrected chi connectivity index (χ2v) is 5.20. The fraction of sp³-hybridized carbons (Fsp3) is 0.571. The van der Waals surface area contributed by atoms with Gasteiger partial charge in [-0.2, -0.15) is 0 Å². The first-order chi connectivity index (χ1) is 8.41. The van der Waals surface area contributed by atoms with Gasteiger partial charge in [0.15, 0.2) is 0 Å². The van der Waals surface area contributed by atoms with Crippen molar-refractivity contribution >= 4 is 11.8 Å². The Morgan fingerprint density at radius 3 is 2.78 bits per heavy atom. The van der Waals surface area contributed by atoms with Crippen molar-refractivity contribution in [3.05, 3.63) is 24.5 Å². The van der Waals surface area contributed by atoms with Crippen molar-refractivity contribution in [1.82, 2.24) is 0 Å². The van der Waals surface area contributed by atoms with Gasteiger partial charge < -0.3 is 9.47 Å². The maximum absolute atomic E-state index is 12.3. The molecule has 4 heteroatoms. The maximum Gasteiger partial charge on any atom is 0.359 e. The summed E-state index contributed by atoms with van der Waals surface area (Å²) in [6.07, 6.45) is 3.85. The standard InChI is InChI=1S/C14H18O4/c1-5-9(3)10-7-11(15)14(18-10)12(16)17-8-13(14,4)6-2/h6-7,9H,2,5,8H2,1,3-4H3/t9-,13+,14+/m1/s1. The van der Waals surface area contributed by atoms with Crippen LogP contribution in [-0.4, -0.2) is 24.0 Å². The summed E-state index contributed by atoms with van der Waals surface area (Å²) in [5, 5.41) is 0. The molecule has 0 aromatic carbocycles. The van der Waals surface area contributed by atoms with Crippen molar-refractivity contribution < 1.29 is 19.1 Å². The lowest BCUT2D eigenvalue weighted by molar-refractivity contribution is -0.161. The Hall–Kier alpha value is -1.58. The Bertz CT molecular complexity index is 451. The minimum absolute atomic E-state index is 0.107. The predicted octanol–water partition coefficient (Wildman–Crippen LogP) is 2.00. The van der Waals surface area contributed by atoms with Crippen LogP contribution in [0.2, 0.25) is 0 Å². The van der Waals surface area contributed by atoms with E-state index in [-0.39, 0.29) is 18.3 Å². The van der Waals surface area contributed by atoms with Crippen LogP contribution in [0.4, 0.5) is 0 Å². The number of hydrogen-bond acceptors (Lipinski definition) is 4. The first-order valence-corrected chi connectivity index (χ1v) is 6.17. The van der Waals surface area contributed by atoms with Crippen molar-refractivity contribution in [2.45, 2.75) is 32.8 Å². The van der Waals surface area contributed by atoms with Crippen LogP contribution in [0.3, 0.4) is 0 Å². The summed E-state index contributed by atoms with van der Waals surface area (Å²) in [7, 11) is 0. The number of ether oxygens (including phenoxy) is 2. The van der Waals surface area contributed by atoms with Gasteiger partial charge in [0, 0.05) is 12.0 Å². The maximum atomic E-state index is 12.3. The van der Waals surface area contributed by atoms with Gasteiger partial charge in [-0.25, -0.2) is 4.79 Å². The molecule has 0 aromatic heterocycles. The fourth-order valence-electron chi connectivity index (χ4n) is 2.33. The molecule has 1 saturated heterocycles. The minimum Gasteiger partial charge on any atom is -0.470 e. The lowest BCUT2D eigenvalue weighted by Gasteiger charge is -2.32. The number of hydrogen-bond donors (Lipinski definition) is 0. The number of rotatable bonds is 3. The second kappa shape index (κ2) is 3.97. The van der Waals surface area contributed by atoms with Crippen molar-refractivity contribution in [1.29, 1.82) is 0 Å². The number of carbonyl (C=O) groups is 2. The van der Waals surface area contributed by atoms with Gasteiger partial charge in [0.2, 0.25) is 5.78 Å². The molecule has 2 rings (SSSR count). The smallest absolute Gasteiger partial charge is 0.359 e. The van der Waals surface area contributed by atoms with E-state index in [1.807, 2.05) is 13.8 Å². The Morgan fingerprint density at radius 1 is 1.56 bits per heavy atom. The lowest BCUT2D eigenvalue weighted by atomic mass is 9.73. The first-order valence-electron chi connectivity index (χ1n) is 6.17. The molecular weight excluding hydrogens is 232 g/mol. The third-order valence-electron chi connectivity index (χ3n) is 4.03. The van der Waals surface area contributed by atoms with E-state index in [1.54, 1.807) is 13.0 Å². The lowest BCUT2D eigenvalue weighted by Crippen LogP contribution is -2.52. The van der Waals surface area contributed by atoms with E-state index in [2.05, 4.69) is 6.58 Å². The van der Waals surface area contributed by atoms with E-state index in [0.29, 0.717) is 5.76 Å². The minimum atomic E-state index is -1.55. The molecule has 0 aliphatic carbocycles. The monoisotopic (exact) mass is 250 g/mol. The molecule has 3 atom stereocenters. The van der Waals surface area contributed by atoms with E-state index in [4.69, 9.17) is 9.47 Å². The Morgan fingerprint density at radius 2 is 2.22 bits per heavy atom. The largest absolute Gasteiger partial charge is 0.470 e. The molecule has 0 saturated carbocycles. The summed E-state index contributed by atoms with van der Waals surface area (Å²) in [5.41, 5.74) is -2.36. The van der Waals surface area contributed by atoms with Crippen LogP contribution in [0.1, 0.15) is 27.2 Å². The molecule has 0 unspecified atom stereocenters. The molecule has 0 aromatic rings. The fourth-order valence-corrected chi connectivity index (χ4v) is 2.33. The highest BCUT2D eigenvalue weighted by atomic mass is 16.6. The van der Waals surface area contributed by atoms with Gasteiger partial charge in [-0.05, 0) is 13.3 Å². The molecule has 1 fully saturated rings. The number of carbonyl (C=O) groups excluding carboxylic acids is 2. The summed E-state index contributed by atoms with van der Waals surface area (Å²) < 4.78 is 10.8. The van der Waals surface area contributed by atoms with E-state index in [1.165, 1.54) is 6.08 Å². The summed E-state index contributed by atoms with van der Waals surface area (Å²) in [4.78, 5) is 24.3. The molecule has 0 bridgehead atoms. The second-order valence-electron chi connectivity index (χ2n) is 5.20. The quantitative estimate of drug-likeness (QED) is 0.437. The van der Waals surface area contributed by atoms with Gasteiger partial charge in [0.1, 0.15) is 12.4 Å². The molecule has 0 radical (unpaired) electrons. The number of esters is 1. The van der Waals surface area contributed by atoms with Crippen molar-refractivity contribution in [2.75, 3.05) is 6.61 Å². The topological polar surface area (TPSA) is 52.6 Å². The summed E-state index contributed by atoms with van der Waals surface area (Å²) in [6.45, 7) is 9.56. The Kier molecular flexibility index (Phi) is 2.84. The van der Waals surface area contributed by atoms with Crippen LogP contribution in [0.5, 0.6) is 0 Å². The molecule has 2 aliphatic heterocycles.